The van der Waals surface area contributed by atoms with Gasteiger partial charge in [0.05, 0.1) is 32.6 Å². The van der Waals surface area contributed by atoms with E-state index in [2.05, 4.69) is 75.7 Å². The molecule has 7 aromatic carbocycles. The van der Waals surface area contributed by atoms with E-state index < -0.39 is 16.1 Å². The normalized spacial score (nSPS) is 13.6. The van der Waals surface area contributed by atoms with Crippen molar-refractivity contribution in [2.75, 3.05) is 0 Å². The summed E-state index contributed by atoms with van der Waals surface area (Å²) in [6.07, 6.45) is 0. The van der Waals surface area contributed by atoms with Crippen molar-refractivity contribution in [3.05, 3.63) is 86.9 Å². The van der Waals surface area contributed by atoms with Crippen LogP contribution in [0.1, 0.15) is 5.56 Å². The smallest absolute Gasteiger partial charge is 0.266 e. The molecule has 0 fully saturated rings. The van der Waals surface area contributed by atoms with E-state index in [1.165, 1.54) is 47.3 Å². The number of hydrogen-bond donors (Lipinski definition) is 0. The molecular formula is C35H31NO2Si2. The lowest BCUT2D eigenvalue weighted by atomic mass is 9.95. The van der Waals surface area contributed by atoms with Crippen molar-refractivity contribution in [3.8, 4) is 5.69 Å². The fourth-order valence-corrected chi connectivity index (χ4v) is 10.5. The first-order valence-electron chi connectivity index (χ1n) is 14.1. The van der Waals surface area contributed by atoms with Gasteiger partial charge in [-0.3, -0.25) is 9.59 Å². The van der Waals surface area contributed by atoms with Gasteiger partial charge < -0.3 is 0 Å². The highest BCUT2D eigenvalue weighted by molar-refractivity contribution is 6.91. The molecular weight excluding hydrogens is 523 g/mol. The fourth-order valence-electron chi connectivity index (χ4n) is 7.36. The first-order valence-corrected chi connectivity index (χ1v) is 21.1. The molecule has 0 radical (unpaired) electrons. The van der Waals surface area contributed by atoms with E-state index in [1.54, 1.807) is 0 Å². The van der Waals surface area contributed by atoms with Crippen molar-refractivity contribution < 1.29 is 0 Å². The summed E-state index contributed by atoms with van der Waals surface area (Å²) < 4.78 is 1.41. The van der Waals surface area contributed by atoms with E-state index in [1.807, 2.05) is 31.2 Å². The number of aryl methyl sites for hydroxylation is 1. The van der Waals surface area contributed by atoms with Crippen LogP contribution in [0.2, 0.25) is 39.3 Å². The lowest BCUT2D eigenvalue weighted by Crippen LogP contribution is -2.38. The van der Waals surface area contributed by atoms with Gasteiger partial charge in [-0.25, -0.2) is 4.57 Å². The zero-order valence-corrected chi connectivity index (χ0v) is 26.0. The zero-order chi connectivity index (χ0) is 28.0. The highest BCUT2D eigenvalue weighted by atomic mass is 28.3. The maximum Gasteiger partial charge on any atom is 0.266 e. The first-order chi connectivity index (χ1) is 18.9. The van der Waals surface area contributed by atoms with Crippen LogP contribution in [-0.2, 0) is 0 Å². The zero-order valence-electron chi connectivity index (χ0n) is 24.0. The minimum atomic E-state index is -1.81. The van der Waals surface area contributed by atoms with Crippen LogP contribution in [0, 0.1) is 6.92 Å². The monoisotopic (exact) mass is 553 g/mol. The third-order valence-electron chi connectivity index (χ3n) is 9.16. The minimum Gasteiger partial charge on any atom is -0.268 e. The number of fused-ring (bicyclic) bond motifs is 3. The molecule has 8 aromatic rings. The molecule has 5 heteroatoms. The molecule has 40 heavy (non-hydrogen) atoms. The van der Waals surface area contributed by atoms with E-state index in [0.29, 0.717) is 16.5 Å². The van der Waals surface area contributed by atoms with Crippen LogP contribution in [0.4, 0.5) is 0 Å². The second-order valence-corrected chi connectivity index (χ2v) is 23.9. The van der Waals surface area contributed by atoms with E-state index in [4.69, 9.17) is 0 Å². The number of aromatic nitrogens is 1. The van der Waals surface area contributed by atoms with Gasteiger partial charge in [0.1, 0.15) is 0 Å². The second-order valence-electron chi connectivity index (χ2n) is 13.8. The summed E-state index contributed by atoms with van der Waals surface area (Å²) in [5.74, 6) is 0. The van der Waals surface area contributed by atoms with E-state index in [0.717, 1.165) is 27.1 Å². The Kier molecular flexibility index (Phi) is 4.37. The van der Waals surface area contributed by atoms with Gasteiger partial charge in [0, 0.05) is 0 Å². The Labute approximate surface area is 234 Å². The molecule has 0 aliphatic rings. The topological polar surface area (TPSA) is 39.1 Å². The van der Waals surface area contributed by atoms with Crippen LogP contribution in [0.25, 0.3) is 70.3 Å². The summed E-state index contributed by atoms with van der Waals surface area (Å²) in [5.41, 5.74) is 1.32. The molecule has 0 unspecified atom stereocenters. The Morgan fingerprint density at radius 3 is 1.35 bits per heavy atom. The lowest BCUT2D eigenvalue weighted by Gasteiger charge is -2.21. The van der Waals surface area contributed by atoms with Crippen molar-refractivity contribution in [1.29, 1.82) is 0 Å². The maximum atomic E-state index is 14.4. The standard InChI is InChI=1S/C35H31NO2Si2/c1-18-8-12-20(13-9-18)36-34(37)32-23-16-25(39(2,3)4)21-14-10-19-11-15-22-26(40(5,6)7)17-24(33(32)35(36)38)31-29(22)27(19)28(21)30(23)31/h8-17H,1-7H3. The van der Waals surface area contributed by atoms with Gasteiger partial charge in [-0.1, -0.05) is 104 Å². The summed E-state index contributed by atoms with van der Waals surface area (Å²) >= 11 is 0. The molecule has 8 rings (SSSR count). The molecule has 0 amide bonds. The summed E-state index contributed by atoms with van der Waals surface area (Å²) in [7, 11) is -3.63. The molecule has 0 aliphatic carbocycles. The Balaban J connectivity index is 1.76. The summed E-state index contributed by atoms with van der Waals surface area (Å²) in [6.45, 7) is 16.2. The number of benzene rings is 6. The van der Waals surface area contributed by atoms with Crippen LogP contribution < -0.4 is 21.5 Å². The average Bonchev–Trinajstić information content (AvgIpc) is 3.38. The minimum absolute atomic E-state index is 0.204. The van der Waals surface area contributed by atoms with Crippen LogP contribution in [0.5, 0.6) is 0 Å². The molecule has 196 valence electrons. The predicted octanol–water partition coefficient (Wildman–Crippen LogP) is 7.27. The molecule has 1 aromatic heterocycles. The van der Waals surface area contributed by atoms with Gasteiger partial charge in [0.25, 0.3) is 11.1 Å². The van der Waals surface area contributed by atoms with Crippen LogP contribution in [0.15, 0.2) is 70.3 Å². The molecule has 0 aliphatic heterocycles. The van der Waals surface area contributed by atoms with Crippen LogP contribution >= 0.6 is 0 Å². The third-order valence-corrected chi connectivity index (χ3v) is 13.2. The molecule has 0 atom stereocenters. The summed E-state index contributed by atoms with van der Waals surface area (Å²) in [4.78, 5) is 28.8. The van der Waals surface area contributed by atoms with Gasteiger partial charge in [0.2, 0.25) is 0 Å². The van der Waals surface area contributed by atoms with Gasteiger partial charge in [-0.15, -0.1) is 0 Å². The van der Waals surface area contributed by atoms with E-state index in [9.17, 15) is 9.59 Å². The van der Waals surface area contributed by atoms with Crippen LogP contribution in [-0.4, -0.2) is 20.7 Å². The highest BCUT2D eigenvalue weighted by Crippen LogP contribution is 2.49. The quantitative estimate of drug-likeness (QED) is 0.171. The third kappa shape index (κ3) is 2.79. The Morgan fingerprint density at radius 1 is 0.500 bits per heavy atom. The second kappa shape index (κ2) is 7.28. The molecule has 0 spiro atoms. The number of rotatable bonds is 3. The fraction of sp³-hybridized carbons (Fsp3) is 0.200. The van der Waals surface area contributed by atoms with Crippen LogP contribution in [0.3, 0.4) is 0 Å². The van der Waals surface area contributed by atoms with Gasteiger partial charge in [-0.05, 0) is 72.9 Å². The highest BCUT2D eigenvalue weighted by Gasteiger charge is 2.32. The Bertz CT molecular complexity index is 2280. The van der Waals surface area contributed by atoms with Crippen molar-refractivity contribution in [1.82, 2.24) is 4.57 Å². The van der Waals surface area contributed by atoms with Crippen molar-refractivity contribution >= 4 is 91.2 Å². The molecule has 3 nitrogen and oxygen atoms in total. The van der Waals surface area contributed by atoms with Crippen molar-refractivity contribution in [2.24, 2.45) is 0 Å². The van der Waals surface area contributed by atoms with Gasteiger partial charge >= 0.3 is 0 Å². The first kappa shape index (κ1) is 24.0. The SMILES string of the molecule is Cc1ccc(-n2c(=O)c3c4cc([Si](C)(C)C)c5ccc6ccc7c([Si](C)(C)C)cc(c3c2=O)c2c7c6c5c42)cc1. The average molecular weight is 554 g/mol. The molecule has 0 saturated heterocycles. The van der Waals surface area contributed by atoms with Crippen molar-refractivity contribution in [2.45, 2.75) is 46.2 Å². The summed E-state index contributed by atoms with van der Waals surface area (Å²) in [6, 6.07) is 21.4. The number of hydrogen-bond acceptors (Lipinski definition) is 2. The lowest BCUT2D eigenvalue weighted by molar-refractivity contribution is 0.990. The largest absolute Gasteiger partial charge is 0.268 e. The molecule has 0 bridgehead atoms. The summed E-state index contributed by atoms with van der Waals surface area (Å²) in [5, 5.41) is 15.8. The van der Waals surface area contributed by atoms with Gasteiger partial charge in [-0.2, -0.15) is 0 Å². The Morgan fingerprint density at radius 2 is 0.925 bits per heavy atom. The molecule has 1 heterocycles. The maximum absolute atomic E-state index is 14.4. The van der Waals surface area contributed by atoms with E-state index >= 15 is 0 Å². The Hall–Kier alpha value is -3.81. The molecule has 0 N–H and O–H groups in total. The van der Waals surface area contributed by atoms with Gasteiger partial charge in [0.15, 0.2) is 0 Å². The van der Waals surface area contributed by atoms with E-state index in [-0.39, 0.29) is 11.1 Å². The molecule has 0 saturated carbocycles. The predicted molar refractivity (Wildman–Crippen MR) is 179 cm³/mol. The van der Waals surface area contributed by atoms with Crippen molar-refractivity contribution in [3.63, 3.8) is 0 Å². The number of nitrogens with zero attached hydrogens (tertiary/aromatic N) is 1.